The third kappa shape index (κ3) is 5.94. The summed E-state index contributed by atoms with van der Waals surface area (Å²) >= 11 is 3.42. The summed E-state index contributed by atoms with van der Waals surface area (Å²) in [6.45, 7) is 5.19. The summed E-state index contributed by atoms with van der Waals surface area (Å²) in [4.78, 5) is 11.8. The summed E-state index contributed by atoms with van der Waals surface area (Å²) in [5.41, 5.74) is 3.20. The smallest absolute Gasteiger partial charge is 0.239 e. The van der Waals surface area contributed by atoms with E-state index >= 15 is 0 Å². The van der Waals surface area contributed by atoms with E-state index in [-0.39, 0.29) is 12.5 Å². The Bertz CT molecular complexity index is 674. The van der Waals surface area contributed by atoms with Gasteiger partial charge in [0.1, 0.15) is 12.4 Å². The van der Waals surface area contributed by atoms with E-state index < -0.39 is 0 Å². The Balaban J connectivity index is 1.67. The fourth-order valence-corrected chi connectivity index (χ4v) is 2.60. The number of hydrogen-bond acceptors (Lipinski definition) is 3. The van der Waals surface area contributed by atoms with Crippen molar-refractivity contribution in [3.63, 3.8) is 0 Å². The molecule has 23 heavy (non-hydrogen) atoms. The topological polar surface area (TPSA) is 50.4 Å². The number of ether oxygens (including phenoxy) is 1. The number of anilines is 1. The van der Waals surface area contributed by atoms with Crippen LogP contribution in [-0.2, 0) is 4.79 Å². The molecule has 0 aliphatic heterocycles. The normalized spacial score (nSPS) is 10.2. The van der Waals surface area contributed by atoms with Crippen LogP contribution in [0.25, 0.3) is 0 Å². The molecule has 2 aromatic carbocycles. The minimum absolute atomic E-state index is 0.0554. The van der Waals surface area contributed by atoms with Gasteiger partial charge in [0.25, 0.3) is 0 Å². The van der Waals surface area contributed by atoms with Crippen LogP contribution in [0, 0.1) is 13.8 Å². The highest BCUT2D eigenvalue weighted by molar-refractivity contribution is 9.10. The Morgan fingerprint density at radius 1 is 1.17 bits per heavy atom. The predicted molar refractivity (Wildman–Crippen MR) is 97.1 cm³/mol. The minimum Gasteiger partial charge on any atom is -0.492 e. The van der Waals surface area contributed by atoms with Crippen molar-refractivity contribution in [1.29, 1.82) is 0 Å². The molecular formula is C18H21BrN2O2. The molecule has 0 saturated heterocycles. The molecule has 0 unspecified atom stereocenters. The van der Waals surface area contributed by atoms with Gasteiger partial charge in [-0.2, -0.15) is 0 Å². The van der Waals surface area contributed by atoms with Crippen molar-refractivity contribution in [3.8, 4) is 5.75 Å². The average Bonchev–Trinajstić information content (AvgIpc) is 2.51. The Hall–Kier alpha value is -2.01. The monoisotopic (exact) mass is 376 g/mol. The lowest BCUT2D eigenvalue weighted by molar-refractivity contribution is -0.119. The Labute approximate surface area is 145 Å². The molecule has 0 radical (unpaired) electrons. The SMILES string of the molecule is Cc1cccc(OCCNC(=O)CNc2ccc(Br)cc2C)c1. The zero-order valence-corrected chi connectivity index (χ0v) is 14.9. The van der Waals surface area contributed by atoms with E-state index in [9.17, 15) is 4.79 Å². The summed E-state index contributed by atoms with van der Waals surface area (Å²) in [5.74, 6) is 0.767. The molecule has 0 saturated carbocycles. The van der Waals surface area contributed by atoms with Crippen molar-refractivity contribution in [3.05, 3.63) is 58.1 Å². The second-order valence-corrected chi connectivity index (χ2v) is 6.24. The molecular weight excluding hydrogens is 356 g/mol. The minimum atomic E-state index is -0.0554. The molecule has 0 spiro atoms. The highest BCUT2D eigenvalue weighted by atomic mass is 79.9. The highest BCUT2D eigenvalue weighted by Crippen LogP contribution is 2.19. The first-order valence-corrected chi connectivity index (χ1v) is 8.30. The van der Waals surface area contributed by atoms with Crippen molar-refractivity contribution in [1.82, 2.24) is 5.32 Å². The van der Waals surface area contributed by atoms with Crippen molar-refractivity contribution in [2.24, 2.45) is 0 Å². The molecule has 5 heteroatoms. The van der Waals surface area contributed by atoms with Crippen molar-refractivity contribution < 1.29 is 9.53 Å². The van der Waals surface area contributed by atoms with Crippen LogP contribution in [0.3, 0.4) is 0 Å². The first-order valence-electron chi connectivity index (χ1n) is 7.51. The number of nitrogens with one attached hydrogen (secondary N) is 2. The number of aryl methyl sites for hydroxylation is 2. The largest absolute Gasteiger partial charge is 0.492 e. The summed E-state index contributed by atoms with van der Waals surface area (Å²) < 4.78 is 6.62. The maximum atomic E-state index is 11.8. The lowest BCUT2D eigenvalue weighted by Gasteiger charge is -2.11. The van der Waals surface area contributed by atoms with Gasteiger partial charge < -0.3 is 15.4 Å². The molecule has 1 amide bonds. The van der Waals surface area contributed by atoms with Crippen LogP contribution < -0.4 is 15.4 Å². The number of hydrogen-bond donors (Lipinski definition) is 2. The van der Waals surface area contributed by atoms with Crippen molar-refractivity contribution in [2.45, 2.75) is 13.8 Å². The zero-order chi connectivity index (χ0) is 16.7. The Morgan fingerprint density at radius 3 is 2.74 bits per heavy atom. The highest BCUT2D eigenvalue weighted by Gasteiger charge is 2.03. The third-order valence-corrected chi connectivity index (χ3v) is 3.80. The third-order valence-electron chi connectivity index (χ3n) is 3.31. The number of carbonyl (C=O) groups is 1. The fraction of sp³-hybridized carbons (Fsp3) is 0.278. The van der Waals surface area contributed by atoms with E-state index in [1.54, 1.807) is 0 Å². The van der Waals surface area contributed by atoms with Gasteiger partial charge in [0.05, 0.1) is 13.1 Å². The van der Waals surface area contributed by atoms with Gasteiger partial charge in [-0.15, -0.1) is 0 Å². The van der Waals surface area contributed by atoms with Crippen LogP contribution in [-0.4, -0.2) is 25.6 Å². The van der Waals surface area contributed by atoms with E-state index in [2.05, 4.69) is 26.6 Å². The van der Waals surface area contributed by atoms with Crippen LogP contribution in [0.2, 0.25) is 0 Å². The van der Waals surface area contributed by atoms with Crippen LogP contribution in [0.5, 0.6) is 5.75 Å². The maximum absolute atomic E-state index is 11.8. The second kappa shape index (κ2) is 8.58. The molecule has 122 valence electrons. The van der Waals surface area contributed by atoms with Gasteiger partial charge in [0, 0.05) is 10.2 Å². The molecule has 4 nitrogen and oxygen atoms in total. The summed E-state index contributed by atoms with van der Waals surface area (Å²) in [5, 5.41) is 5.97. The Kier molecular flexibility index (Phi) is 6.47. The average molecular weight is 377 g/mol. The van der Waals surface area contributed by atoms with Gasteiger partial charge in [0.2, 0.25) is 5.91 Å². The van der Waals surface area contributed by atoms with E-state index in [1.807, 2.05) is 56.3 Å². The van der Waals surface area contributed by atoms with Crippen LogP contribution in [0.1, 0.15) is 11.1 Å². The molecule has 2 N–H and O–H groups in total. The van der Waals surface area contributed by atoms with Gasteiger partial charge in [0.15, 0.2) is 0 Å². The molecule has 0 aliphatic rings. The standard InChI is InChI=1S/C18H21BrN2O2/c1-13-4-3-5-16(10-13)23-9-8-20-18(22)12-21-17-7-6-15(19)11-14(17)2/h3-7,10-11,21H,8-9,12H2,1-2H3,(H,20,22). The lowest BCUT2D eigenvalue weighted by Crippen LogP contribution is -2.33. The van der Waals surface area contributed by atoms with Gasteiger partial charge in [-0.05, 0) is 55.3 Å². The number of amides is 1. The summed E-state index contributed by atoms with van der Waals surface area (Å²) in [7, 11) is 0. The molecule has 2 aromatic rings. The molecule has 0 bridgehead atoms. The number of carbonyl (C=O) groups excluding carboxylic acids is 1. The molecule has 0 heterocycles. The molecule has 0 aliphatic carbocycles. The Morgan fingerprint density at radius 2 is 2.00 bits per heavy atom. The summed E-state index contributed by atoms with van der Waals surface area (Å²) in [6, 6.07) is 13.8. The second-order valence-electron chi connectivity index (χ2n) is 5.33. The lowest BCUT2D eigenvalue weighted by atomic mass is 10.2. The number of rotatable bonds is 7. The van der Waals surface area contributed by atoms with Gasteiger partial charge in [-0.3, -0.25) is 4.79 Å². The van der Waals surface area contributed by atoms with Crippen LogP contribution in [0.4, 0.5) is 5.69 Å². The van der Waals surface area contributed by atoms with E-state index in [0.29, 0.717) is 13.2 Å². The van der Waals surface area contributed by atoms with Crippen molar-refractivity contribution in [2.75, 3.05) is 25.0 Å². The van der Waals surface area contributed by atoms with Crippen molar-refractivity contribution >= 4 is 27.5 Å². The fourth-order valence-electron chi connectivity index (χ4n) is 2.13. The molecule has 2 rings (SSSR count). The predicted octanol–water partition coefficient (Wildman–Crippen LogP) is 3.67. The quantitative estimate of drug-likeness (QED) is 0.724. The van der Waals surface area contributed by atoms with Crippen LogP contribution in [0.15, 0.2) is 46.9 Å². The van der Waals surface area contributed by atoms with Gasteiger partial charge in [-0.25, -0.2) is 0 Å². The number of halogens is 1. The number of benzene rings is 2. The van der Waals surface area contributed by atoms with E-state index in [4.69, 9.17) is 4.74 Å². The first-order chi connectivity index (χ1) is 11.0. The molecule has 0 fully saturated rings. The first kappa shape index (κ1) is 17.3. The zero-order valence-electron chi connectivity index (χ0n) is 13.4. The van der Waals surface area contributed by atoms with Crippen LogP contribution >= 0.6 is 15.9 Å². The molecule has 0 aromatic heterocycles. The van der Waals surface area contributed by atoms with Gasteiger partial charge >= 0.3 is 0 Å². The van der Waals surface area contributed by atoms with E-state index in [1.165, 1.54) is 0 Å². The van der Waals surface area contributed by atoms with Gasteiger partial charge in [-0.1, -0.05) is 28.1 Å². The molecule has 0 atom stereocenters. The van der Waals surface area contributed by atoms with E-state index in [0.717, 1.165) is 27.0 Å². The maximum Gasteiger partial charge on any atom is 0.239 e. The summed E-state index contributed by atoms with van der Waals surface area (Å²) in [6.07, 6.45) is 0.